The van der Waals surface area contributed by atoms with Crippen molar-refractivity contribution >= 4 is 27.5 Å². The van der Waals surface area contributed by atoms with Gasteiger partial charge in [-0.05, 0) is 57.9 Å². The minimum atomic E-state index is -0.441. The van der Waals surface area contributed by atoms with Gasteiger partial charge >= 0.3 is 0 Å². The summed E-state index contributed by atoms with van der Waals surface area (Å²) in [5.41, 5.74) is 4.26. The molecule has 0 nitrogen and oxygen atoms in total. The first-order chi connectivity index (χ1) is 9.16. The van der Waals surface area contributed by atoms with Gasteiger partial charge in [-0.15, -0.1) is 11.6 Å². The van der Waals surface area contributed by atoms with E-state index in [4.69, 9.17) is 11.6 Å². The molecule has 2 aromatic rings. The third-order valence-electron chi connectivity index (χ3n) is 3.67. The van der Waals surface area contributed by atoms with E-state index in [0.29, 0.717) is 10.0 Å². The van der Waals surface area contributed by atoms with E-state index in [0.717, 1.165) is 18.4 Å². The second-order valence-corrected chi connectivity index (χ2v) is 6.18. The van der Waals surface area contributed by atoms with Crippen molar-refractivity contribution in [2.75, 3.05) is 0 Å². The van der Waals surface area contributed by atoms with Gasteiger partial charge in [0.25, 0.3) is 0 Å². The van der Waals surface area contributed by atoms with Gasteiger partial charge in [0.15, 0.2) is 0 Å². The van der Waals surface area contributed by atoms with Crippen LogP contribution in [-0.2, 0) is 12.8 Å². The molecule has 0 amide bonds. The SMILES string of the molecule is Fc1c(Br)cccc1C(Cl)c1ccc2c(c1)CCC2. The first-order valence-corrected chi connectivity index (χ1v) is 7.59. The molecular formula is C16H13BrClF. The van der Waals surface area contributed by atoms with Gasteiger partial charge in [-0.2, -0.15) is 0 Å². The summed E-state index contributed by atoms with van der Waals surface area (Å²) in [6, 6.07) is 11.5. The van der Waals surface area contributed by atoms with E-state index in [1.54, 1.807) is 12.1 Å². The zero-order valence-electron chi connectivity index (χ0n) is 10.3. The molecule has 98 valence electrons. The smallest absolute Gasteiger partial charge is 0.142 e. The predicted octanol–water partition coefficient (Wildman–Crippen LogP) is 5.41. The molecule has 0 bridgehead atoms. The van der Waals surface area contributed by atoms with Crippen LogP contribution < -0.4 is 0 Å². The second-order valence-electron chi connectivity index (χ2n) is 4.89. The third kappa shape index (κ3) is 2.44. The predicted molar refractivity (Wildman–Crippen MR) is 80.3 cm³/mol. The molecule has 0 heterocycles. The third-order valence-corrected chi connectivity index (χ3v) is 4.77. The Morgan fingerprint density at radius 2 is 1.89 bits per heavy atom. The van der Waals surface area contributed by atoms with E-state index in [2.05, 4.69) is 28.1 Å². The van der Waals surface area contributed by atoms with Gasteiger partial charge in [-0.1, -0.05) is 30.3 Å². The largest absolute Gasteiger partial charge is 0.205 e. The molecule has 0 fully saturated rings. The average Bonchev–Trinajstić information content (AvgIpc) is 2.88. The van der Waals surface area contributed by atoms with Gasteiger partial charge < -0.3 is 0 Å². The number of benzene rings is 2. The monoisotopic (exact) mass is 338 g/mol. The average molecular weight is 340 g/mol. The molecule has 0 saturated carbocycles. The Labute approximate surface area is 125 Å². The standard InChI is InChI=1S/C16H13BrClF/c17-14-6-2-5-13(16(14)19)15(18)12-8-7-10-3-1-4-11(10)9-12/h2,5-9,15H,1,3-4H2. The summed E-state index contributed by atoms with van der Waals surface area (Å²) in [5.74, 6) is -0.275. The zero-order chi connectivity index (χ0) is 13.4. The number of hydrogen-bond donors (Lipinski definition) is 0. The van der Waals surface area contributed by atoms with Gasteiger partial charge in [0.1, 0.15) is 5.82 Å². The highest BCUT2D eigenvalue weighted by Crippen LogP contribution is 2.35. The number of aryl methyl sites for hydroxylation is 2. The molecule has 3 heteroatoms. The van der Waals surface area contributed by atoms with Crippen LogP contribution in [0, 0.1) is 5.82 Å². The molecule has 1 aliphatic carbocycles. The van der Waals surface area contributed by atoms with Crippen molar-refractivity contribution in [1.82, 2.24) is 0 Å². The summed E-state index contributed by atoms with van der Waals surface area (Å²) in [7, 11) is 0. The maximum absolute atomic E-state index is 14.1. The van der Waals surface area contributed by atoms with Crippen LogP contribution in [0.2, 0.25) is 0 Å². The Kier molecular flexibility index (Phi) is 3.64. The van der Waals surface area contributed by atoms with Gasteiger partial charge in [-0.3, -0.25) is 0 Å². The molecule has 19 heavy (non-hydrogen) atoms. The fourth-order valence-electron chi connectivity index (χ4n) is 2.65. The van der Waals surface area contributed by atoms with Gasteiger partial charge in [0.2, 0.25) is 0 Å². The number of hydrogen-bond acceptors (Lipinski definition) is 0. The van der Waals surface area contributed by atoms with Gasteiger partial charge in [0, 0.05) is 5.56 Å². The molecule has 0 radical (unpaired) electrons. The van der Waals surface area contributed by atoms with Crippen molar-refractivity contribution in [2.45, 2.75) is 24.6 Å². The molecule has 0 saturated heterocycles. The molecular weight excluding hydrogens is 327 g/mol. The quantitative estimate of drug-likeness (QED) is 0.642. The molecule has 0 aliphatic heterocycles. The highest BCUT2D eigenvalue weighted by Gasteiger charge is 2.19. The van der Waals surface area contributed by atoms with E-state index in [-0.39, 0.29) is 5.82 Å². The summed E-state index contributed by atoms with van der Waals surface area (Å²) in [5, 5.41) is -0.441. The number of alkyl halides is 1. The first-order valence-electron chi connectivity index (χ1n) is 6.36. The lowest BCUT2D eigenvalue weighted by molar-refractivity contribution is 0.605. The maximum Gasteiger partial charge on any atom is 0.142 e. The normalized spacial score (nSPS) is 15.3. The molecule has 1 unspecified atom stereocenters. The number of halogens is 3. The molecule has 0 aromatic heterocycles. The highest BCUT2D eigenvalue weighted by atomic mass is 79.9. The lowest BCUT2D eigenvalue weighted by atomic mass is 10.00. The molecule has 3 rings (SSSR count). The van der Waals surface area contributed by atoms with Crippen LogP contribution in [-0.4, -0.2) is 0 Å². The van der Waals surface area contributed by atoms with Crippen LogP contribution in [0.15, 0.2) is 40.9 Å². The van der Waals surface area contributed by atoms with Crippen molar-refractivity contribution in [3.05, 3.63) is 68.9 Å². The van der Waals surface area contributed by atoms with Crippen LogP contribution in [0.25, 0.3) is 0 Å². The van der Waals surface area contributed by atoms with Crippen molar-refractivity contribution < 1.29 is 4.39 Å². The minimum absolute atomic E-state index is 0.275. The van der Waals surface area contributed by atoms with E-state index in [9.17, 15) is 4.39 Å². The van der Waals surface area contributed by atoms with Crippen LogP contribution in [0.1, 0.15) is 34.1 Å². The Morgan fingerprint density at radius 3 is 2.74 bits per heavy atom. The number of rotatable bonds is 2. The van der Waals surface area contributed by atoms with Crippen molar-refractivity contribution in [3.63, 3.8) is 0 Å². The molecule has 0 N–H and O–H groups in total. The Bertz CT molecular complexity index is 624. The summed E-state index contributed by atoms with van der Waals surface area (Å²) < 4.78 is 14.5. The van der Waals surface area contributed by atoms with E-state index in [1.807, 2.05) is 12.1 Å². The van der Waals surface area contributed by atoms with Gasteiger partial charge in [-0.25, -0.2) is 4.39 Å². The topological polar surface area (TPSA) is 0 Å². The second kappa shape index (κ2) is 5.26. The Balaban J connectivity index is 2.00. The molecule has 1 aliphatic rings. The molecule has 2 aromatic carbocycles. The van der Waals surface area contributed by atoms with Gasteiger partial charge in [0.05, 0.1) is 9.85 Å². The number of fused-ring (bicyclic) bond motifs is 1. The molecule has 1 atom stereocenters. The van der Waals surface area contributed by atoms with E-state index < -0.39 is 5.38 Å². The lowest BCUT2D eigenvalue weighted by Crippen LogP contribution is -1.99. The summed E-state index contributed by atoms with van der Waals surface area (Å²) in [4.78, 5) is 0. The van der Waals surface area contributed by atoms with Crippen LogP contribution in [0.3, 0.4) is 0 Å². The van der Waals surface area contributed by atoms with Crippen LogP contribution in [0.4, 0.5) is 4.39 Å². The van der Waals surface area contributed by atoms with Crippen LogP contribution in [0.5, 0.6) is 0 Å². The summed E-state index contributed by atoms with van der Waals surface area (Å²) >= 11 is 9.65. The maximum atomic E-state index is 14.1. The Morgan fingerprint density at radius 1 is 1.11 bits per heavy atom. The van der Waals surface area contributed by atoms with E-state index >= 15 is 0 Å². The minimum Gasteiger partial charge on any atom is -0.205 e. The fraction of sp³-hybridized carbons (Fsp3) is 0.250. The fourth-order valence-corrected chi connectivity index (χ4v) is 3.33. The Hall–Kier alpha value is -0.860. The molecule has 0 spiro atoms. The highest BCUT2D eigenvalue weighted by molar-refractivity contribution is 9.10. The van der Waals surface area contributed by atoms with E-state index in [1.165, 1.54) is 17.5 Å². The summed E-state index contributed by atoms with van der Waals surface area (Å²) in [6.45, 7) is 0. The van der Waals surface area contributed by atoms with Crippen molar-refractivity contribution in [1.29, 1.82) is 0 Å². The zero-order valence-corrected chi connectivity index (χ0v) is 12.6. The first kappa shape index (κ1) is 13.1. The van der Waals surface area contributed by atoms with Crippen molar-refractivity contribution in [2.24, 2.45) is 0 Å². The summed E-state index contributed by atoms with van der Waals surface area (Å²) in [6.07, 6.45) is 3.46. The van der Waals surface area contributed by atoms with Crippen LogP contribution >= 0.6 is 27.5 Å². The lowest BCUT2D eigenvalue weighted by Gasteiger charge is -2.13. The van der Waals surface area contributed by atoms with Crippen molar-refractivity contribution in [3.8, 4) is 0 Å².